The molecule has 43 heavy (non-hydrogen) atoms. The molecule has 0 unspecified atom stereocenters. The van der Waals surface area contributed by atoms with E-state index < -0.39 is 0 Å². The van der Waals surface area contributed by atoms with E-state index in [0.29, 0.717) is 60.9 Å². The van der Waals surface area contributed by atoms with Crippen molar-refractivity contribution in [3.63, 3.8) is 0 Å². The van der Waals surface area contributed by atoms with Crippen LogP contribution in [0.5, 0.6) is 23.0 Å². The molecule has 2 aromatic heterocycles. The first-order chi connectivity index (χ1) is 21.0. The molecule has 0 saturated heterocycles. The number of benzene rings is 4. The van der Waals surface area contributed by atoms with E-state index in [-0.39, 0.29) is 24.8 Å². The van der Waals surface area contributed by atoms with Crippen LogP contribution < -0.4 is 24.5 Å². The lowest BCUT2D eigenvalue weighted by Crippen LogP contribution is -2.20. The maximum Gasteiger partial charge on any atom is 0.282 e. The first-order valence-corrected chi connectivity index (χ1v) is 13.9. The Morgan fingerprint density at radius 3 is 2.72 bits per heavy atom. The first-order valence-electron chi connectivity index (χ1n) is 13.1. The Kier molecular flexibility index (Phi) is 6.89. The zero-order chi connectivity index (χ0) is 29.5. The van der Waals surface area contributed by atoms with Crippen molar-refractivity contribution in [3.05, 3.63) is 110 Å². The van der Waals surface area contributed by atoms with Crippen LogP contribution in [0.1, 0.15) is 11.1 Å². The van der Waals surface area contributed by atoms with E-state index in [1.807, 2.05) is 24.3 Å². The molecule has 0 saturated carbocycles. The van der Waals surface area contributed by atoms with Gasteiger partial charge in [-0.3, -0.25) is 4.79 Å². The lowest BCUT2D eigenvalue weighted by molar-refractivity contribution is 0.174. The average molecular weight is 614 g/mol. The van der Waals surface area contributed by atoms with Gasteiger partial charge < -0.3 is 23.4 Å². The maximum atomic E-state index is 13.7. The lowest BCUT2D eigenvalue weighted by atomic mass is 10.2. The second-order valence-electron chi connectivity index (χ2n) is 9.61. The SMILES string of the molecule is COc1cc(Cl)cc(C=Nn2c(-c3cc4cc(Cl)ccc4o3)nc3ccccc3c2=O)c1OCc1ccc2c(c1)OCO2. The molecule has 1 aliphatic rings. The number of aromatic nitrogens is 2. The number of ether oxygens (including phenoxy) is 4. The molecule has 0 aliphatic carbocycles. The summed E-state index contributed by atoms with van der Waals surface area (Å²) in [5.41, 5.74) is 2.05. The van der Waals surface area contributed by atoms with Crippen molar-refractivity contribution in [2.75, 3.05) is 13.9 Å². The zero-order valence-corrected chi connectivity index (χ0v) is 24.1. The Hall–Kier alpha value is -4.99. The summed E-state index contributed by atoms with van der Waals surface area (Å²) in [5, 5.41) is 6.68. The van der Waals surface area contributed by atoms with Crippen LogP contribution in [0.25, 0.3) is 33.5 Å². The van der Waals surface area contributed by atoms with Gasteiger partial charge in [-0.15, -0.1) is 0 Å². The van der Waals surface area contributed by atoms with Gasteiger partial charge in [0.05, 0.1) is 24.2 Å². The van der Waals surface area contributed by atoms with Gasteiger partial charge in [-0.05, 0) is 60.2 Å². The minimum atomic E-state index is -0.382. The van der Waals surface area contributed by atoms with E-state index in [1.54, 1.807) is 54.6 Å². The average Bonchev–Trinajstić information content (AvgIpc) is 3.66. The second-order valence-corrected chi connectivity index (χ2v) is 10.5. The summed E-state index contributed by atoms with van der Waals surface area (Å²) in [7, 11) is 1.52. The standard InChI is InChI=1S/C32H21Cl2N3O6/c1-39-28-14-22(34)12-20(30(28)40-16-18-6-8-26-27(10-18)42-17-41-26)15-35-37-31(36-24-5-3-2-4-23(24)32(37)38)29-13-19-11-21(33)7-9-25(19)43-29/h2-15H,16-17H2,1H3. The molecule has 0 spiro atoms. The molecule has 7 rings (SSSR count). The molecule has 1 aliphatic heterocycles. The highest BCUT2D eigenvalue weighted by Crippen LogP contribution is 2.36. The minimum absolute atomic E-state index is 0.179. The van der Waals surface area contributed by atoms with Gasteiger partial charge in [-0.2, -0.15) is 9.78 Å². The zero-order valence-electron chi connectivity index (χ0n) is 22.5. The molecule has 6 aromatic rings. The van der Waals surface area contributed by atoms with Gasteiger partial charge >= 0.3 is 0 Å². The summed E-state index contributed by atoms with van der Waals surface area (Å²) in [6.45, 7) is 0.373. The smallest absolute Gasteiger partial charge is 0.282 e. The molecule has 0 radical (unpaired) electrons. The summed E-state index contributed by atoms with van der Waals surface area (Å²) in [5.74, 6) is 2.67. The van der Waals surface area contributed by atoms with Gasteiger partial charge in [0.25, 0.3) is 5.56 Å². The van der Waals surface area contributed by atoms with Crippen LogP contribution in [-0.2, 0) is 6.61 Å². The van der Waals surface area contributed by atoms with Crippen molar-refractivity contribution < 1.29 is 23.4 Å². The Morgan fingerprint density at radius 1 is 0.977 bits per heavy atom. The van der Waals surface area contributed by atoms with Crippen LogP contribution in [0.2, 0.25) is 10.0 Å². The topological polar surface area (TPSA) is 97.3 Å². The predicted molar refractivity (Wildman–Crippen MR) is 164 cm³/mol. The predicted octanol–water partition coefficient (Wildman–Crippen LogP) is 7.32. The molecule has 0 N–H and O–H groups in total. The fraction of sp³-hybridized carbons (Fsp3) is 0.0938. The summed E-state index contributed by atoms with van der Waals surface area (Å²) in [6, 6.07) is 23.0. The fourth-order valence-electron chi connectivity index (χ4n) is 4.81. The highest BCUT2D eigenvalue weighted by atomic mass is 35.5. The highest BCUT2D eigenvalue weighted by Gasteiger charge is 2.19. The quantitative estimate of drug-likeness (QED) is 0.174. The normalized spacial score (nSPS) is 12.4. The Bertz CT molecular complexity index is 2120. The third-order valence-corrected chi connectivity index (χ3v) is 7.31. The highest BCUT2D eigenvalue weighted by molar-refractivity contribution is 6.31. The van der Waals surface area contributed by atoms with E-state index >= 15 is 0 Å². The Labute approximate surface area is 254 Å². The lowest BCUT2D eigenvalue weighted by Gasteiger charge is -2.14. The van der Waals surface area contributed by atoms with Gasteiger partial charge in [0, 0.05) is 27.1 Å². The largest absolute Gasteiger partial charge is 0.493 e. The van der Waals surface area contributed by atoms with E-state index in [9.17, 15) is 4.79 Å². The van der Waals surface area contributed by atoms with Crippen LogP contribution in [0.4, 0.5) is 0 Å². The summed E-state index contributed by atoms with van der Waals surface area (Å²) < 4.78 is 29.9. The number of nitrogens with zero attached hydrogens (tertiary/aromatic N) is 3. The van der Waals surface area contributed by atoms with Crippen molar-refractivity contribution in [3.8, 4) is 34.6 Å². The molecule has 0 bridgehead atoms. The summed E-state index contributed by atoms with van der Waals surface area (Å²) in [6.07, 6.45) is 1.48. The molecular formula is C32H21Cl2N3O6. The maximum absolute atomic E-state index is 13.7. The van der Waals surface area contributed by atoms with Crippen molar-refractivity contribution in [1.82, 2.24) is 9.66 Å². The van der Waals surface area contributed by atoms with Gasteiger partial charge in [0.2, 0.25) is 12.6 Å². The Morgan fingerprint density at radius 2 is 1.84 bits per heavy atom. The molecule has 4 aromatic carbocycles. The Balaban J connectivity index is 1.32. The van der Waals surface area contributed by atoms with Gasteiger partial charge in [0.1, 0.15) is 12.2 Å². The van der Waals surface area contributed by atoms with E-state index in [1.165, 1.54) is 18.0 Å². The molecule has 0 atom stereocenters. The van der Waals surface area contributed by atoms with Crippen molar-refractivity contribution in [2.45, 2.75) is 6.61 Å². The van der Waals surface area contributed by atoms with Crippen LogP contribution >= 0.6 is 23.2 Å². The third kappa shape index (κ3) is 5.13. The van der Waals surface area contributed by atoms with E-state index in [4.69, 9.17) is 51.6 Å². The van der Waals surface area contributed by atoms with Crippen LogP contribution in [0, 0.1) is 0 Å². The monoisotopic (exact) mass is 613 g/mol. The van der Waals surface area contributed by atoms with E-state index in [2.05, 4.69) is 5.10 Å². The first kappa shape index (κ1) is 26.9. The molecule has 0 amide bonds. The number of furan rings is 1. The number of rotatable bonds is 7. The van der Waals surface area contributed by atoms with Gasteiger partial charge in [-0.25, -0.2) is 4.98 Å². The number of para-hydroxylation sites is 1. The third-order valence-electron chi connectivity index (χ3n) is 6.85. The van der Waals surface area contributed by atoms with Crippen molar-refractivity contribution in [1.29, 1.82) is 0 Å². The number of halogens is 2. The summed E-state index contributed by atoms with van der Waals surface area (Å²) in [4.78, 5) is 18.5. The van der Waals surface area contributed by atoms with Crippen molar-refractivity contribution in [2.24, 2.45) is 5.10 Å². The molecule has 11 heteroatoms. The minimum Gasteiger partial charge on any atom is -0.493 e. The molecule has 9 nitrogen and oxygen atoms in total. The molecule has 214 valence electrons. The number of hydrogen-bond acceptors (Lipinski definition) is 8. The second kappa shape index (κ2) is 11.0. The number of fused-ring (bicyclic) bond motifs is 3. The van der Waals surface area contributed by atoms with Crippen LogP contribution in [0.3, 0.4) is 0 Å². The number of hydrogen-bond donors (Lipinski definition) is 0. The fourth-order valence-corrected chi connectivity index (χ4v) is 5.21. The molecular weight excluding hydrogens is 593 g/mol. The molecule has 0 fully saturated rings. The van der Waals surface area contributed by atoms with Crippen molar-refractivity contribution >= 4 is 51.3 Å². The van der Waals surface area contributed by atoms with Gasteiger partial charge in [0.15, 0.2) is 28.8 Å². The van der Waals surface area contributed by atoms with Gasteiger partial charge in [-0.1, -0.05) is 41.4 Å². The molecule has 3 heterocycles. The summed E-state index contributed by atoms with van der Waals surface area (Å²) >= 11 is 12.6. The van der Waals surface area contributed by atoms with Crippen LogP contribution in [-0.4, -0.2) is 29.8 Å². The number of methoxy groups -OCH3 is 1. The van der Waals surface area contributed by atoms with E-state index in [0.717, 1.165) is 10.9 Å². The van der Waals surface area contributed by atoms with Crippen LogP contribution in [0.15, 0.2) is 93.2 Å².